The number of hydrogen-bond acceptors (Lipinski definition) is 5. The van der Waals surface area contributed by atoms with Crippen molar-refractivity contribution in [2.45, 2.75) is 19.9 Å². The molecular formula is C23H24N2O5. The monoisotopic (exact) mass is 408 g/mol. The van der Waals surface area contributed by atoms with Gasteiger partial charge in [-0.2, -0.15) is 0 Å². The Morgan fingerprint density at radius 1 is 0.933 bits per heavy atom. The van der Waals surface area contributed by atoms with E-state index < -0.39 is 0 Å². The first-order valence-corrected chi connectivity index (χ1v) is 9.71. The quantitative estimate of drug-likeness (QED) is 0.529. The van der Waals surface area contributed by atoms with Crippen LogP contribution in [0, 0.1) is 0 Å². The average molecular weight is 408 g/mol. The Morgan fingerprint density at radius 2 is 1.67 bits per heavy atom. The maximum absolute atomic E-state index is 12.5. The summed E-state index contributed by atoms with van der Waals surface area (Å²) in [5, 5.41) is 5.49. The molecule has 0 radical (unpaired) electrons. The van der Waals surface area contributed by atoms with Gasteiger partial charge in [-0.1, -0.05) is 19.1 Å². The number of ether oxygens (including phenoxy) is 2. The van der Waals surface area contributed by atoms with E-state index in [0.29, 0.717) is 29.4 Å². The number of para-hydroxylation sites is 1. The van der Waals surface area contributed by atoms with Gasteiger partial charge in [0.2, 0.25) is 0 Å². The predicted molar refractivity (Wildman–Crippen MR) is 113 cm³/mol. The number of amides is 2. The highest BCUT2D eigenvalue weighted by Crippen LogP contribution is 2.18. The highest BCUT2D eigenvalue weighted by atomic mass is 16.5. The smallest absolute Gasteiger partial charge is 0.262 e. The van der Waals surface area contributed by atoms with E-state index >= 15 is 0 Å². The number of benzene rings is 2. The van der Waals surface area contributed by atoms with Crippen molar-refractivity contribution in [2.24, 2.45) is 0 Å². The molecule has 3 rings (SSSR count). The third-order valence-electron chi connectivity index (χ3n) is 4.12. The van der Waals surface area contributed by atoms with Gasteiger partial charge in [-0.25, -0.2) is 0 Å². The molecule has 0 saturated carbocycles. The van der Waals surface area contributed by atoms with Crippen molar-refractivity contribution in [3.8, 4) is 11.5 Å². The fourth-order valence-electron chi connectivity index (χ4n) is 2.65. The second-order valence-corrected chi connectivity index (χ2v) is 6.46. The fraction of sp³-hybridized carbons (Fsp3) is 0.217. The molecule has 2 N–H and O–H groups in total. The Kier molecular flexibility index (Phi) is 7.49. The summed E-state index contributed by atoms with van der Waals surface area (Å²) in [4.78, 5) is 24.8. The lowest BCUT2D eigenvalue weighted by atomic mass is 10.1. The van der Waals surface area contributed by atoms with Crippen LogP contribution >= 0.6 is 0 Å². The van der Waals surface area contributed by atoms with E-state index in [1.165, 1.54) is 0 Å². The molecule has 0 fully saturated rings. The largest absolute Gasteiger partial charge is 0.494 e. The molecule has 2 amide bonds. The van der Waals surface area contributed by atoms with Crippen molar-refractivity contribution < 1.29 is 23.5 Å². The average Bonchev–Trinajstić information content (AvgIpc) is 3.29. The molecule has 7 nitrogen and oxygen atoms in total. The molecular weight excluding hydrogens is 384 g/mol. The minimum Gasteiger partial charge on any atom is -0.494 e. The summed E-state index contributed by atoms with van der Waals surface area (Å²) in [6.07, 6.45) is 2.47. The summed E-state index contributed by atoms with van der Waals surface area (Å²) in [7, 11) is 0. The van der Waals surface area contributed by atoms with Gasteiger partial charge in [0.1, 0.15) is 17.3 Å². The van der Waals surface area contributed by atoms with Crippen LogP contribution < -0.4 is 20.1 Å². The molecule has 0 aliphatic rings. The van der Waals surface area contributed by atoms with Crippen LogP contribution in [0.1, 0.15) is 29.5 Å². The molecule has 1 aromatic heterocycles. The molecule has 0 unspecified atom stereocenters. The molecule has 2 aromatic carbocycles. The molecule has 7 heteroatoms. The second-order valence-electron chi connectivity index (χ2n) is 6.46. The summed E-state index contributed by atoms with van der Waals surface area (Å²) in [6.45, 7) is 2.76. The third kappa shape index (κ3) is 6.13. The first-order chi connectivity index (χ1) is 14.7. The highest BCUT2D eigenvalue weighted by Gasteiger charge is 2.13. The summed E-state index contributed by atoms with van der Waals surface area (Å²) in [5.41, 5.74) is 0.765. The van der Waals surface area contributed by atoms with Gasteiger partial charge in [-0.05, 0) is 55.0 Å². The van der Waals surface area contributed by atoms with Crippen molar-refractivity contribution in [1.82, 2.24) is 5.32 Å². The van der Waals surface area contributed by atoms with Gasteiger partial charge in [0.15, 0.2) is 6.61 Å². The van der Waals surface area contributed by atoms with Crippen LogP contribution in [0.15, 0.2) is 71.3 Å². The topological polar surface area (TPSA) is 89.8 Å². The van der Waals surface area contributed by atoms with E-state index in [1.807, 2.05) is 6.92 Å². The molecule has 30 heavy (non-hydrogen) atoms. The van der Waals surface area contributed by atoms with Crippen LogP contribution in [0.3, 0.4) is 0 Å². The Labute approximate surface area is 175 Å². The SMILES string of the molecule is CCCOc1ccc(OCC(=O)Nc2ccccc2C(=O)NCc2ccco2)cc1. The van der Waals surface area contributed by atoms with Crippen molar-refractivity contribution in [3.63, 3.8) is 0 Å². The van der Waals surface area contributed by atoms with E-state index in [0.717, 1.165) is 12.2 Å². The number of carbonyl (C=O) groups excluding carboxylic acids is 2. The maximum atomic E-state index is 12.5. The van der Waals surface area contributed by atoms with Crippen LogP contribution in [0.25, 0.3) is 0 Å². The van der Waals surface area contributed by atoms with Gasteiger partial charge in [0.25, 0.3) is 11.8 Å². The zero-order chi connectivity index (χ0) is 21.2. The van der Waals surface area contributed by atoms with Gasteiger partial charge in [0.05, 0.1) is 30.7 Å². The van der Waals surface area contributed by atoms with E-state index in [-0.39, 0.29) is 25.0 Å². The van der Waals surface area contributed by atoms with Crippen LogP contribution in [0.5, 0.6) is 11.5 Å². The van der Waals surface area contributed by atoms with E-state index in [9.17, 15) is 9.59 Å². The van der Waals surface area contributed by atoms with E-state index in [1.54, 1.807) is 66.9 Å². The summed E-state index contributed by atoms with van der Waals surface area (Å²) >= 11 is 0. The van der Waals surface area contributed by atoms with Gasteiger partial charge < -0.3 is 24.5 Å². The van der Waals surface area contributed by atoms with E-state index in [2.05, 4.69) is 10.6 Å². The van der Waals surface area contributed by atoms with Crippen molar-refractivity contribution in [2.75, 3.05) is 18.5 Å². The van der Waals surface area contributed by atoms with Crippen LogP contribution in [-0.4, -0.2) is 25.0 Å². The van der Waals surface area contributed by atoms with Crippen LogP contribution in [-0.2, 0) is 11.3 Å². The Bertz CT molecular complexity index is 952. The zero-order valence-electron chi connectivity index (χ0n) is 16.7. The van der Waals surface area contributed by atoms with Gasteiger partial charge in [-0.3, -0.25) is 9.59 Å². The van der Waals surface area contributed by atoms with Crippen LogP contribution in [0.2, 0.25) is 0 Å². The lowest BCUT2D eigenvalue weighted by Gasteiger charge is -2.12. The summed E-state index contributed by atoms with van der Waals surface area (Å²) < 4.78 is 16.2. The number of hydrogen-bond donors (Lipinski definition) is 2. The minimum absolute atomic E-state index is 0.183. The Morgan fingerprint density at radius 3 is 2.37 bits per heavy atom. The molecule has 3 aromatic rings. The number of nitrogens with one attached hydrogen (secondary N) is 2. The maximum Gasteiger partial charge on any atom is 0.262 e. The number of anilines is 1. The molecule has 156 valence electrons. The van der Waals surface area contributed by atoms with Crippen molar-refractivity contribution in [1.29, 1.82) is 0 Å². The molecule has 0 aliphatic carbocycles. The van der Waals surface area contributed by atoms with Gasteiger partial charge in [0, 0.05) is 0 Å². The molecule has 0 spiro atoms. The fourth-order valence-corrected chi connectivity index (χ4v) is 2.65. The third-order valence-corrected chi connectivity index (χ3v) is 4.12. The Balaban J connectivity index is 1.53. The first kappa shape index (κ1) is 21.0. The predicted octanol–water partition coefficient (Wildman–Crippen LogP) is 4.02. The molecule has 1 heterocycles. The van der Waals surface area contributed by atoms with Gasteiger partial charge >= 0.3 is 0 Å². The standard InChI is InChI=1S/C23H24N2O5/c1-2-13-28-17-9-11-18(12-10-17)30-16-22(26)25-21-8-4-3-7-20(21)23(27)24-15-19-6-5-14-29-19/h3-12,14H,2,13,15-16H2,1H3,(H,24,27)(H,25,26). The highest BCUT2D eigenvalue weighted by molar-refractivity contribution is 6.03. The van der Waals surface area contributed by atoms with Gasteiger partial charge in [-0.15, -0.1) is 0 Å². The number of rotatable bonds is 10. The zero-order valence-corrected chi connectivity index (χ0v) is 16.7. The second kappa shape index (κ2) is 10.7. The molecule has 0 aliphatic heterocycles. The van der Waals surface area contributed by atoms with Crippen molar-refractivity contribution >= 4 is 17.5 Å². The first-order valence-electron chi connectivity index (χ1n) is 9.71. The summed E-state index contributed by atoms with van der Waals surface area (Å²) in [5.74, 6) is 1.27. The van der Waals surface area contributed by atoms with Crippen molar-refractivity contribution in [3.05, 3.63) is 78.3 Å². The molecule has 0 saturated heterocycles. The molecule has 0 bridgehead atoms. The lowest BCUT2D eigenvalue weighted by molar-refractivity contribution is -0.118. The Hall–Kier alpha value is -3.74. The normalized spacial score (nSPS) is 10.3. The van der Waals surface area contributed by atoms with Crippen LogP contribution in [0.4, 0.5) is 5.69 Å². The number of carbonyl (C=O) groups is 2. The summed E-state index contributed by atoms with van der Waals surface area (Å²) in [6, 6.07) is 17.4. The number of furan rings is 1. The minimum atomic E-state index is -0.368. The molecule has 0 atom stereocenters. The van der Waals surface area contributed by atoms with E-state index in [4.69, 9.17) is 13.9 Å². The lowest BCUT2D eigenvalue weighted by Crippen LogP contribution is -2.26.